The Bertz CT molecular complexity index is 1260. The molecule has 0 spiro atoms. The molecule has 5 rings (SSSR count). The zero-order valence-electron chi connectivity index (χ0n) is 18.1. The maximum atomic E-state index is 12.9. The van der Waals surface area contributed by atoms with E-state index in [9.17, 15) is 4.79 Å². The van der Waals surface area contributed by atoms with Crippen LogP contribution in [0.2, 0.25) is 0 Å². The molecular weight excluding hydrogens is 406 g/mol. The van der Waals surface area contributed by atoms with Gasteiger partial charge in [0.1, 0.15) is 42.1 Å². The lowest BCUT2D eigenvalue weighted by atomic mass is 10.1. The van der Waals surface area contributed by atoms with Gasteiger partial charge < -0.3 is 18.6 Å². The number of ether oxygens (including phenoxy) is 3. The molecule has 1 saturated heterocycles. The predicted molar refractivity (Wildman–Crippen MR) is 121 cm³/mol. The minimum absolute atomic E-state index is 0.143. The first-order chi connectivity index (χ1) is 15.6. The lowest BCUT2D eigenvalue weighted by Gasteiger charge is -2.20. The molecule has 0 aliphatic carbocycles. The van der Waals surface area contributed by atoms with E-state index in [4.69, 9.17) is 18.6 Å². The normalized spacial score (nSPS) is 20.5. The minimum Gasteiger partial charge on any atom is -0.491 e. The van der Waals surface area contributed by atoms with Gasteiger partial charge in [0.2, 0.25) is 0 Å². The van der Waals surface area contributed by atoms with Crippen LogP contribution in [0.3, 0.4) is 0 Å². The molecule has 32 heavy (non-hydrogen) atoms. The third-order valence-electron chi connectivity index (χ3n) is 5.78. The summed E-state index contributed by atoms with van der Waals surface area (Å²) in [5.41, 5.74) is 2.76. The van der Waals surface area contributed by atoms with Crippen LogP contribution in [-0.2, 0) is 4.74 Å². The van der Waals surface area contributed by atoms with Gasteiger partial charge in [0.25, 0.3) is 5.56 Å². The number of hydrogen-bond donors (Lipinski definition) is 0. The number of aromatic nitrogens is 1. The van der Waals surface area contributed by atoms with Crippen molar-refractivity contribution in [2.24, 2.45) is 0 Å². The number of fused-ring (bicyclic) bond motifs is 1. The zero-order chi connectivity index (χ0) is 22.1. The fourth-order valence-electron chi connectivity index (χ4n) is 3.96. The van der Waals surface area contributed by atoms with E-state index >= 15 is 0 Å². The Hall–Kier alpha value is -3.51. The van der Waals surface area contributed by atoms with Crippen molar-refractivity contribution in [1.82, 2.24) is 4.57 Å². The van der Waals surface area contributed by atoms with Crippen molar-refractivity contribution in [3.05, 3.63) is 94.6 Å². The quantitative estimate of drug-likeness (QED) is 0.429. The molecule has 3 atom stereocenters. The van der Waals surface area contributed by atoms with Gasteiger partial charge in [-0.1, -0.05) is 35.4 Å². The van der Waals surface area contributed by atoms with E-state index in [0.717, 1.165) is 17.1 Å². The third-order valence-corrected chi connectivity index (χ3v) is 5.78. The minimum atomic E-state index is -0.455. The standard InChI is InChI=1S/C26H25NO5/c1-17-3-7-19(8-4-17)30-16-24-23(31-20-9-5-18(2)6-10-20)15-25(32-24)27-13-11-22-21(26(27)28)12-14-29-22/h3-14,23-25H,15-16H2,1-2H3/t23-,24+,25+/m0/s1. The molecule has 0 N–H and O–H groups in total. The first-order valence-corrected chi connectivity index (χ1v) is 10.7. The average Bonchev–Trinajstić information content (AvgIpc) is 3.43. The molecule has 3 heterocycles. The van der Waals surface area contributed by atoms with E-state index in [1.54, 1.807) is 22.9 Å². The number of rotatable bonds is 6. The van der Waals surface area contributed by atoms with Crippen LogP contribution in [0.15, 0.2) is 82.3 Å². The zero-order valence-corrected chi connectivity index (χ0v) is 18.1. The van der Waals surface area contributed by atoms with Crippen molar-refractivity contribution in [2.45, 2.75) is 38.7 Å². The molecule has 1 fully saturated rings. The number of furan rings is 1. The van der Waals surface area contributed by atoms with Crippen molar-refractivity contribution in [2.75, 3.05) is 6.61 Å². The second kappa shape index (κ2) is 8.55. The summed E-state index contributed by atoms with van der Waals surface area (Å²) in [4.78, 5) is 12.9. The largest absolute Gasteiger partial charge is 0.491 e. The van der Waals surface area contributed by atoms with E-state index in [-0.39, 0.29) is 17.8 Å². The Kier molecular flexibility index (Phi) is 5.45. The van der Waals surface area contributed by atoms with Crippen LogP contribution >= 0.6 is 0 Å². The summed E-state index contributed by atoms with van der Waals surface area (Å²) in [6.07, 6.45) is 2.70. The molecule has 1 aliphatic rings. The maximum absolute atomic E-state index is 12.9. The van der Waals surface area contributed by atoms with E-state index in [1.165, 1.54) is 11.8 Å². The van der Waals surface area contributed by atoms with Gasteiger partial charge in [0.15, 0.2) is 0 Å². The second-order valence-corrected chi connectivity index (χ2v) is 8.18. The Labute approximate surface area is 186 Å². The lowest BCUT2D eigenvalue weighted by Crippen LogP contribution is -2.32. The molecule has 0 amide bonds. The van der Waals surface area contributed by atoms with E-state index in [0.29, 0.717) is 24.0 Å². The summed E-state index contributed by atoms with van der Waals surface area (Å²) in [6, 6.07) is 19.3. The number of hydrogen-bond acceptors (Lipinski definition) is 5. The lowest BCUT2D eigenvalue weighted by molar-refractivity contribution is -0.0365. The van der Waals surface area contributed by atoms with Crippen molar-refractivity contribution in [1.29, 1.82) is 0 Å². The number of nitrogens with zero attached hydrogens (tertiary/aromatic N) is 1. The smallest absolute Gasteiger partial charge is 0.263 e. The molecule has 2 aromatic carbocycles. The van der Waals surface area contributed by atoms with E-state index < -0.39 is 6.23 Å². The van der Waals surface area contributed by atoms with Gasteiger partial charge in [0, 0.05) is 12.6 Å². The molecular formula is C26H25NO5. The maximum Gasteiger partial charge on any atom is 0.263 e. The van der Waals surface area contributed by atoms with Gasteiger partial charge in [-0.05, 0) is 50.2 Å². The molecule has 0 saturated carbocycles. The Morgan fingerprint density at radius 3 is 2.34 bits per heavy atom. The Balaban J connectivity index is 1.38. The van der Waals surface area contributed by atoms with Crippen LogP contribution in [-0.4, -0.2) is 23.4 Å². The SMILES string of the molecule is Cc1ccc(OC[C@H]2O[C@@H](n3ccc4occc4c3=O)C[C@@H]2Oc2ccc(C)cc2)cc1. The highest BCUT2D eigenvalue weighted by Crippen LogP contribution is 2.32. The summed E-state index contributed by atoms with van der Waals surface area (Å²) in [6.45, 7) is 4.39. The highest BCUT2D eigenvalue weighted by molar-refractivity contribution is 5.75. The van der Waals surface area contributed by atoms with Gasteiger partial charge in [-0.3, -0.25) is 9.36 Å². The highest BCUT2D eigenvalue weighted by Gasteiger charge is 2.39. The van der Waals surface area contributed by atoms with Crippen molar-refractivity contribution in [3.8, 4) is 11.5 Å². The van der Waals surface area contributed by atoms with Gasteiger partial charge in [0.05, 0.1) is 11.6 Å². The second-order valence-electron chi connectivity index (χ2n) is 8.18. The third kappa shape index (κ3) is 4.14. The Morgan fingerprint density at radius 1 is 0.938 bits per heavy atom. The molecule has 2 aromatic heterocycles. The van der Waals surface area contributed by atoms with Crippen LogP contribution in [0.1, 0.15) is 23.8 Å². The fourth-order valence-corrected chi connectivity index (χ4v) is 3.96. The molecule has 4 aromatic rings. The topological polar surface area (TPSA) is 62.8 Å². The van der Waals surface area contributed by atoms with Crippen molar-refractivity contribution in [3.63, 3.8) is 0 Å². The van der Waals surface area contributed by atoms with Crippen LogP contribution in [0, 0.1) is 13.8 Å². The highest BCUT2D eigenvalue weighted by atomic mass is 16.6. The summed E-state index contributed by atoms with van der Waals surface area (Å²) < 4.78 is 25.5. The summed E-state index contributed by atoms with van der Waals surface area (Å²) in [5.74, 6) is 1.54. The number of aryl methyl sites for hydroxylation is 2. The predicted octanol–water partition coefficient (Wildman–Crippen LogP) is 5.03. The van der Waals surface area contributed by atoms with Crippen LogP contribution < -0.4 is 15.0 Å². The van der Waals surface area contributed by atoms with Gasteiger partial charge in [-0.15, -0.1) is 0 Å². The first-order valence-electron chi connectivity index (χ1n) is 10.7. The monoisotopic (exact) mass is 431 g/mol. The summed E-state index contributed by atoms with van der Waals surface area (Å²) in [7, 11) is 0. The van der Waals surface area contributed by atoms with Crippen LogP contribution in [0.25, 0.3) is 11.0 Å². The van der Waals surface area contributed by atoms with Gasteiger partial charge in [-0.25, -0.2) is 0 Å². The average molecular weight is 431 g/mol. The fraction of sp³-hybridized carbons (Fsp3) is 0.269. The van der Waals surface area contributed by atoms with Crippen LogP contribution in [0.4, 0.5) is 0 Å². The van der Waals surface area contributed by atoms with Gasteiger partial charge >= 0.3 is 0 Å². The number of pyridine rings is 1. The number of benzene rings is 2. The molecule has 0 radical (unpaired) electrons. The molecule has 0 unspecified atom stereocenters. The molecule has 1 aliphatic heterocycles. The van der Waals surface area contributed by atoms with Gasteiger partial charge in [-0.2, -0.15) is 0 Å². The molecule has 6 heteroatoms. The van der Waals surface area contributed by atoms with Crippen molar-refractivity contribution < 1.29 is 18.6 Å². The molecule has 164 valence electrons. The van der Waals surface area contributed by atoms with Crippen molar-refractivity contribution >= 4 is 11.0 Å². The van der Waals surface area contributed by atoms with E-state index in [1.807, 2.05) is 62.4 Å². The molecule has 6 nitrogen and oxygen atoms in total. The summed E-state index contributed by atoms with van der Waals surface area (Å²) in [5, 5.41) is 0.534. The molecule has 0 bridgehead atoms. The Morgan fingerprint density at radius 2 is 1.62 bits per heavy atom. The van der Waals surface area contributed by atoms with Crippen LogP contribution in [0.5, 0.6) is 11.5 Å². The van der Waals surface area contributed by atoms with E-state index in [2.05, 4.69) is 0 Å². The summed E-state index contributed by atoms with van der Waals surface area (Å²) >= 11 is 0. The first kappa shape index (κ1) is 20.4.